The summed E-state index contributed by atoms with van der Waals surface area (Å²) in [4.78, 5) is 8.79. The lowest BCUT2D eigenvalue weighted by molar-refractivity contribution is 0.138. The van der Waals surface area contributed by atoms with E-state index in [4.69, 9.17) is 0 Å². The van der Waals surface area contributed by atoms with Gasteiger partial charge in [-0.25, -0.2) is 9.97 Å². The number of aliphatic hydroxyl groups excluding tert-OH is 1. The number of rotatable bonds is 7. The standard InChI is InChI=1S/C16H28N4O/c1-4-8-17-15-14(11(2)3)16(20-10-19-15)18-9-12-6-5-7-13(12)21/h10-13,21H,4-9H2,1-3H3,(H2,17,18,19,20). The molecule has 2 unspecified atom stereocenters. The predicted molar refractivity (Wildman–Crippen MR) is 86.7 cm³/mol. The van der Waals surface area contributed by atoms with Crippen molar-refractivity contribution in [1.82, 2.24) is 9.97 Å². The molecule has 3 N–H and O–H groups in total. The second-order valence-corrected chi connectivity index (χ2v) is 6.21. The quantitative estimate of drug-likeness (QED) is 0.720. The molecule has 1 aliphatic carbocycles. The van der Waals surface area contributed by atoms with E-state index in [9.17, 15) is 5.11 Å². The van der Waals surface area contributed by atoms with Crippen molar-refractivity contribution in [3.63, 3.8) is 0 Å². The van der Waals surface area contributed by atoms with Gasteiger partial charge in [-0.3, -0.25) is 0 Å². The highest BCUT2D eigenvalue weighted by Crippen LogP contribution is 2.30. The third kappa shape index (κ3) is 4.06. The Balaban J connectivity index is 2.10. The first-order valence-electron chi connectivity index (χ1n) is 8.14. The van der Waals surface area contributed by atoms with Crippen LogP contribution < -0.4 is 10.6 Å². The maximum absolute atomic E-state index is 9.93. The summed E-state index contributed by atoms with van der Waals surface area (Å²) in [5.74, 6) is 2.52. The van der Waals surface area contributed by atoms with Crippen LogP contribution in [0.25, 0.3) is 0 Å². The number of anilines is 2. The molecule has 0 radical (unpaired) electrons. The second-order valence-electron chi connectivity index (χ2n) is 6.21. The minimum absolute atomic E-state index is 0.167. The van der Waals surface area contributed by atoms with Gasteiger partial charge in [0.2, 0.25) is 0 Å². The van der Waals surface area contributed by atoms with Crippen LogP contribution in [-0.4, -0.2) is 34.3 Å². The molecule has 5 nitrogen and oxygen atoms in total. The molecule has 0 amide bonds. The third-order valence-electron chi connectivity index (χ3n) is 4.15. The molecular formula is C16H28N4O. The minimum Gasteiger partial charge on any atom is -0.393 e. The van der Waals surface area contributed by atoms with Crippen LogP contribution in [0.2, 0.25) is 0 Å². The summed E-state index contributed by atoms with van der Waals surface area (Å²) in [5.41, 5.74) is 1.14. The van der Waals surface area contributed by atoms with Crippen LogP contribution in [0.15, 0.2) is 6.33 Å². The molecule has 1 aromatic rings. The van der Waals surface area contributed by atoms with Crippen LogP contribution in [0.3, 0.4) is 0 Å². The Morgan fingerprint density at radius 1 is 1.24 bits per heavy atom. The fourth-order valence-corrected chi connectivity index (χ4v) is 2.95. The smallest absolute Gasteiger partial charge is 0.134 e. The van der Waals surface area contributed by atoms with Crippen molar-refractivity contribution in [3.8, 4) is 0 Å². The molecule has 2 atom stereocenters. The van der Waals surface area contributed by atoms with E-state index in [1.54, 1.807) is 6.33 Å². The molecular weight excluding hydrogens is 264 g/mol. The molecule has 0 bridgehead atoms. The molecule has 1 aliphatic rings. The average Bonchev–Trinajstić information content (AvgIpc) is 2.87. The fourth-order valence-electron chi connectivity index (χ4n) is 2.95. The molecule has 21 heavy (non-hydrogen) atoms. The summed E-state index contributed by atoms with van der Waals surface area (Å²) in [6.07, 6.45) is 5.65. The van der Waals surface area contributed by atoms with E-state index in [1.165, 1.54) is 0 Å². The van der Waals surface area contributed by atoms with E-state index >= 15 is 0 Å². The van der Waals surface area contributed by atoms with E-state index < -0.39 is 0 Å². The van der Waals surface area contributed by atoms with E-state index in [1.807, 2.05) is 0 Å². The lowest BCUT2D eigenvalue weighted by atomic mass is 10.0. The van der Waals surface area contributed by atoms with Crippen molar-refractivity contribution in [1.29, 1.82) is 0 Å². The first-order valence-corrected chi connectivity index (χ1v) is 8.14. The summed E-state index contributed by atoms with van der Waals surface area (Å²) in [6.45, 7) is 8.16. The highest BCUT2D eigenvalue weighted by Gasteiger charge is 2.25. The molecule has 5 heteroatoms. The average molecular weight is 292 g/mol. The summed E-state index contributed by atoms with van der Waals surface area (Å²) in [6, 6.07) is 0. The van der Waals surface area contributed by atoms with E-state index in [2.05, 4.69) is 41.4 Å². The molecule has 0 aromatic carbocycles. The Morgan fingerprint density at radius 3 is 2.52 bits per heavy atom. The first kappa shape index (κ1) is 16.0. The molecule has 1 fully saturated rings. The number of hydrogen-bond donors (Lipinski definition) is 3. The van der Waals surface area contributed by atoms with Gasteiger partial charge in [0.25, 0.3) is 0 Å². The van der Waals surface area contributed by atoms with E-state index in [0.29, 0.717) is 11.8 Å². The maximum Gasteiger partial charge on any atom is 0.134 e. The number of nitrogens with one attached hydrogen (secondary N) is 2. The molecule has 118 valence electrons. The number of aliphatic hydroxyl groups is 1. The van der Waals surface area contributed by atoms with Crippen molar-refractivity contribution < 1.29 is 5.11 Å². The lowest BCUT2D eigenvalue weighted by Crippen LogP contribution is -2.23. The van der Waals surface area contributed by atoms with E-state index in [-0.39, 0.29) is 6.10 Å². The van der Waals surface area contributed by atoms with Gasteiger partial charge in [-0.2, -0.15) is 0 Å². The SMILES string of the molecule is CCCNc1ncnc(NCC2CCCC2O)c1C(C)C. The predicted octanol–water partition coefficient (Wildman–Crippen LogP) is 2.99. The monoisotopic (exact) mass is 292 g/mol. The van der Waals surface area contributed by atoms with Gasteiger partial charge in [-0.1, -0.05) is 27.2 Å². The summed E-state index contributed by atoms with van der Waals surface area (Å²) in [5, 5.41) is 16.7. The van der Waals surface area contributed by atoms with Gasteiger partial charge < -0.3 is 15.7 Å². The topological polar surface area (TPSA) is 70.1 Å². The van der Waals surface area contributed by atoms with Crippen LogP contribution in [0, 0.1) is 5.92 Å². The molecule has 0 spiro atoms. The van der Waals surface area contributed by atoms with Gasteiger partial charge in [0.1, 0.15) is 18.0 Å². The molecule has 0 saturated heterocycles. The summed E-state index contributed by atoms with van der Waals surface area (Å²) >= 11 is 0. The van der Waals surface area contributed by atoms with Crippen LogP contribution in [-0.2, 0) is 0 Å². The van der Waals surface area contributed by atoms with Crippen molar-refractivity contribution in [2.45, 2.75) is 58.5 Å². The Kier molecular flexibility index (Phi) is 5.79. The van der Waals surface area contributed by atoms with Gasteiger partial charge >= 0.3 is 0 Å². The summed E-state index contributed by atoms with van der Waals surface area (Å²) in [7, 11) is 0. The van der Waals surface area contributed by atoms with Gasteiger partial charge in [0.15, 0.2) is 0 Å². The molecule has 1 aromatic heterocycles. The van der Waals surface area contributed by atoms with Crippen molar-refractivity contribution in [2.75, 3.05) is 23.7 Å². The lowest BCUT2D eigenvalue weighted by Gasteiger charge is -2.20. The first-order chi connectivity index (χ1) is 10.1. The Bertz CT molecular complexity index is 450. The zero-order valence-electron chi connectivity index (χ0n) is 13.4. The van der Waals surface area contributed by atoms with Crippen molar-refractivity contribution >= 4 is 11.6 Å². The van der Waals surface area contributed by atoms with Gasteiger partial charge in [0, 0.05) is 24.6 Å². The normalized spacial score (nSPS) is 21.8. The zero-order chi connectivity index (χ0) is 15.2. The van der Waals surface area contributed by atoms with Crippen molar-refractivity contribution in [2.24, 2.45) is 5.92 Å². The number of aromatic nitrogens is 2. The Morgan fingerprint density at radius 2 is 1.95 bits per heavy atom. The molecule has 1 saturated carbocycles. The minimum atomic E-state index is -0.167. The van der Waals surface area contributed by atoms with Crippen LogP contribution in [0.1, 0.15) is 57.9 Å². The third-order valence-corrected chi connectivity index (χ3v) is 4.15. The Hall–Kier alpha value is -1.36. The van der Waals surface area contributed by atoms with E-state index in [0.717, 1.165) is 56.0 Å². The van der Waals surface area contributed by atoms with Gasteiger partial charge in [-0.15, -0.1) is 0 Å². The van der Waals surface area contributed by atoms with Crippen molar-refractivity contribution in [3.05, 3.63) is 11.9 Å². The highest BCUT2D eigenvalue weighted by atomic mass is 16.3. The molecule has 0 aliphatic heterocycles. The maximum atomic E-state index is 9.93. The second kappa shape index (κ2) is 7.59. The van der Waals surface area contributed by atoms with Crippen LogP contribution in [0.5, 0.6) is 0 Å². The summed E-state index contributed by atoms with van der Waals surface area (Å²) < 4.78 is 0. The molecule has 1 heterocycles. The zero-order valence-corrected chi connectivity index (χ0v) is 13.4. The van der Waals surface area contributed by atoms with Crippen LogP contribution >= 0.6 is 0 Å². The number of nitrogens with zero attached hydrogens (tertiary/aromatic N) is 2. The highest BCUT2D eigenvalue weighted by molar-refractivity contribution is 5.59. The van der Waals surface area contributed by atoms with Crippen LogP contribution in [0.4, 0.5) is 11.6 Å². The number of hydrogen-bond acceptors (Lipinski definition) is 5. The fraction of sp³-hybridized carbons (Fsp3) is 0.750. The van der Waals surface area contributed by atoms with Gasteiger partial charge in [0.05, 0.1) is 6.10 Å². The Labute approximate surface area is 127 Å². The van der Waals surface area contributed by atoms with Gasteiger partial charge in [-0.05, 0) is 25.2 Å². The molecule has 2 rings (SSSR count). The largest absolute Gasteiger partial charge is 0.393 e.